The lowest BCUT2D eigenvalue weighted by Gasteiger charge is -2.17. The van der Waals surface area contributed by atoms with Crippen molar-refractivity contribution < 1.29 is 9.15 Å². The fraction of sp³-hybridized carbons (Fsp3) is 0.765. The zero-order valence-electron chi connectivity index (χ0n) is 14.5. The van der Waals surface area contributed by atoms with Crippen LogP contribution < -0.4 is 5.32 Å². The summed E-state index contributed by atoms with van der Waals surface area (Å²) >= 11 is 0. The lowest BCUT2D eigenvalue weighted by molar-refractivity contribution is 0.0626. The highest BCUT2D eigenvalue weighted by Crippen LogP contribution is 2.16. The van der Waals surface area contributed by atoms with Gasteiger partial charge in [0.2, 0.25) is 0 Å². The Morgan fingerprint density at radius 1 is 1.29 bits per heavy atom. The maximum atomic E-state index is 5.82. The third-order valence-electron chi connectivity index (χ3n) is 3.29. The average molecular weight is 296 g/mol. The van der Waals surface area contributed by atoms with Gasteiger partial charge in [-0.15, -0.1) is 0 Å². The van der Waals surface area contributed by atoms with Crippen LogP contribution in [0.1, 0.15) is 44.8 Å². The van der Waals surface area contributed by atoms with Crippen molar-refractivity contribution in [2.24, 2.45) is 5.92 Å². The number of ether oxygens (including phenoxy) is 1. The number of furan rings is 1. The molecule has 1 aromatic rings. The first-order valence-corrected chi connectivity index (χ1v) is 7.97. The zero-order chi connectivity index (χ0) is 15.8. The van der Waals surface area contributed by atoms with E-state index >= 15 is 0 Å². The van der Waals surface area contributed by atoms with Gasteiger partial charge >= 0.3 is 0 Å². The molecule has 0 saturated heterocycles. The molecule has 0 fully saturated rings. The first-order chi connectivity index (χ1) is 9.88. The Hall–Kier alpha value is -0.840. The molecule has 0 bridgehead atoms. The number of hydrogen-bond acceptors (Lipinski definition) is 4. The van der Waals surface area contributed by atoms with Crippen molar-refractivity contribution in [2.75, 3.05) is 26.7 Å². The molecule has 1 N–H and O–H groups in total. The molecule has 21 heavy (non-hydrogen) atoms. The van der Waals surface area contributed by atoms with Gasteiger partial charge in [-0.1, -0.05) is 13.8 Å². The van der Waals surface area contributed by atoms with Crippen molar-refractivity contribution >= 4 is 0 Å². The Balaban J connectivity index is 2.39. The summed E-state index contributed by atoms with van der Waals surface area (Å²) in [5.41, 5.74) is 1.27. The van der Waals surface area contributed by atoms with Crippen molar-refractivity contribution in [3.63, 3.8) is 0 Å². The summed E-state index contributed by atoms with van der Waals surface area (Å²) in [6.07, 6.45) is 0.299. The van der Waals surface area contributed by atoms with Gasteiger partial charge in [0.1, 0.15) is 11.5 Å². The first-order valence-electron chi connectivity index (χ1n) is 7.97. The molecule has 0 aliphatic rings. The van der Waals surface area contributed by atoms with E-state index in [9.17, 15) is 0 Å². The fourth-order valence-electron chi connectivity index (χ4n) is 2.13. The highest BCUT2D eigenvalue weighted by Gasteiger charge is 2.10. The van der Waals surface area contributed by atoms with Crippen molar-refractivity contribution in [2.45, 2.75) is 53.8 Å². The minimum Gasteiger partial charge on any atom is -0.465 e. The Morgan fingerprint density at radius 2 is 2.00 bits per heavy atom. The van der Waals surface area contributed by atoms with Crippen molar-refractivity contribution in [1.82, 2.24) is 10.2 Å². The smallest absolute Gasteiger partial charge is 0.118 e. The predicted octanol–water partition coefficient (Wildman–Crippen LogP) is 3.19. The summed E-state index contributed by atoms with van der Waals surface area (Å²) in [7, 11) is 2.12. The minimum atomic E-state index is 0.299. The molecule has 0 aromatic carbocycles. The maximum Gasteiger partial charge on any atom is 0.118 e. The van der Waals surface area contributed by atoms with Gasteiger partial charge in [-0.3, -0.25) is 4.90 Å². The molecule has 0 radical (unpaired) electrons. The second-order valence-electron chi connectivity index (χ2n) is 6.48. The number of rotatable bonds is 10. The molecule has 1 heterocycles. The van der Waals surface area contributed by atoms with Gasteiger partial charge in [0, 0.05) is 18.7 Å². The molecule has 122 valence electrons. The van der Waals surface area contributed by atoms with Crippen LogP contribution in [0.2, 0.25) is 0 Å². The summed E-state index contributed by atoms with van der Waals surface area (Å²) in [4.78, 5) is 2.27. The largest absolute Gasteiger partial charge is 0.465 e. The molecule has 0 aliphatic carbocycles. The monoisotopic (exact) mass is 296 g/mol. The lowest BCUT2D eigenvalue weighted by Crippen LogP contribution is -2.24. The third kappa shape index (κ3) is 7.65. The van der Waals surface area contributed by atoms with Crippen LogP contribution in [0.3, 0.4) is 0 Å². The molecule has 0 atom stereocenters. The van der Waals surface area contributed by atoms with E-state index in [0.29, 0.717) is 12.0 Å². The van der Waals surface area contributed by atoms with Gasteiger partial charge < -0.3 is 14.5 Å². The van der Waals surface area contributed by atoms with Crippen molar-refractivity contribution in [3.8, 4) is 0 Å². The quantitative estimate of drug-likeness (QED) is 0.719. The highest BCUT2D eigenvalue weighted by molar-refractivity contribution is 5.20. The van der Waals surface area contributed by atoms with Crippen LogP contribution in [0, 0.1) is 12.8 Å². The minimum absolute atomic E-state index is 0.299. The third-order valence-corrected chi connectivity index (χ3v) is 3.29. The Labute approximate surface area is 129 Å². The van der Waals surface area contributed by atoms with Gasteiger partial charge in [0.05, 0.1) is 19.3 Å². The SMILES string of the molecule is Cc1oc(CNCC(C)C)cc1CN(C)CCOC(C)C. The van der Waals surface area contributed by atoms with Crippen LogP contribution in [0.5, 0.6) is 0 Å². The molecule has 4 heteroatoms. The molecule has 1 rings (SSSR count). The van der Waals surface area contributed by atoms with E-state index < -0.39 is 0 Å². The molecule has 0 amide bonds. The number of nitrogens with one attached hydrogen (secondary N) is 1. The number of likely N-dealkylation sites (N-methyl/N-ethyl adjacent to an activating group) is 1. The van der Waals surface area contributed by atoms with E-state index in [2.05, 4.69) is 51.0 Å². The molecule has 0 aliphatic heterocycles. The number of hydrogen-bond donors (Lipinski definition) is 1. The Bertz CT molecular complexity index is 399. The summed E-state index contributed by atoms with van der Waals surface area (Å²) < 4.78 is 11.4. The molecular weight excluding hydrogens is 264 g/mol. The van der Waals surface area contributed by atoms with Crippen LogP contribution in [0.15, 0.2) is 10.5 Å². The van der Waals surface area contributed by atoms with Crippen LogP contribution in [-0.2, 0) is 17.8 Å². The summed E-state index contributed by atoms with van der Waals surface area (Å²) in [5, 5.41) is 3.41. The second kappa shape index (κ2) is 9.23. The highest BCUT2D eigenvalue weighted by atomic mass is 16.5. The lowest BCUT2D eigenvalue weighted by atomic mass is 10.2. The predicted molar refractivity (Wildman–Crippen MR) is 87.4 cm³/mol. The van der Waals surface area contributed by atoms with Crippen LogP contribution in [0.25, 0.3) is 0 Å². The molecule has 0 unspecified atom stereocenters. The second-order valence-corrected chi connectivity index (χ2v) is 6.48. The van der Waals surface area contributed by atoms with E-state index in [-0.39, 0.29) is 0 Å². The topological polar surface area (TPSA) is 37.6 Å². The van der Waals surface area contributed by atoms with Gasteiger partial charge in [-0.2, -0.15) is 0 Å². The van der Waals surface area contributed by atoms with Gasteiger partial charge in [0.25, 0.3) is 0 Å². The van der Waals surface area contributed by atoms with E-state index in [1.807, 2.05) is 6.92 Å². The molecule has 4 nitrogen and oxygen atoms in total. The van der Waals surface area contributed by atoms with E-state index in [1.54, 1.807) is 0 Å². The van der Waals surface area contributed by atoms with E-state index in [0.717, 1.165) is 44.3 Å². The number of nitrogens with zero attached hydrogens (tertiary/aromatic N) is 1. The standard InChI is InChI=1S/C17H32N2O2/c1-13(2)10-18-11-17-9-16(15(5)21-17)12-19(6)7-8-20-14(3)4/h9,13-14,18H,7-8,10-12H2,1-6H3. The maximum absolute atomic E-state index is 5.82. The van der Waals surface area contributed by atoms with Crippen LogP contribution in [0.4, 0.5) is 0 Å². The normalized spacial score (nSPS) is 12.0. The molecular formula is C17H32N2O2. The van der Waals surface area contributed by atoms with Gasteiger partial charge in [0.15, 0.2) is 0 Å². The Kier molecular flexibility index (Phi) is 8.01. The van der Waals surface area contributed by atoms with Gasteiger partial charge in [-0.05, 0) is 46.3 Å². The molecule has 0 saturated carbocycles. The average Bonchev–Trinajstić information content (AvgIpc) is 2.69. The molecule has 1 aromatic heterocycles. The summed E-state index contributed by atoms with van der Waals surface area (Å²) in [5.74, 6) is 2.70. The Morgan fingerprint density at radius 3 is 2.62 bits per heavy atom. The van der Waals surface area contributed by atoms with E-state index in [1.165, 1.54) is 5.56 Å². The van der Waals surface area contributed by atoms with Crippen molar-refractivity contribution in [3.05, 3.63) is 23.2 Å². The first kappa shape index (κ1) is 18.2. The summed E-state index contributed by atoms with van der Waals surface area (Å²) in [6, 6.07) is 2.17. The van der Waals surface area contributed by atoms with Crippen molar-refractivity contribution in [1.29, 1.82) is 0 Å². The van der Waals surface area contributed by atoms with Gasteiger partial charge in [-0.25, -0.2) is 0 Å². The molecule has 0 spiro atoms. The summed E-state index contributed by atoms with van der Waals surface area (Å²) in [6.45, 7) is 15.0. The van der Waals surface area contributed by atoms with Crippen LogP contribution in [-0.4, -0.2) is 37.7 Å². The zero-order valence-corrected chi connectivity index (χ0v) is 14.5. The van der Waals surface area contributed by atoms with E-state index in [4.69, 9.17) is 9.15 Å². The van der Waals surface area contributed by atoms with Crippen LogP contribution >= 0.6 is 0 Å². The number of aryl methyl sites for hydroxylation is 1. The fourth-order valence-corrected chi connectivity index (χ4v) is 2.13.